The van der Waals surface area contributed by atoms with Crippen molar-refractivity contribution < 1.29 is 4.79 Å². The van der Waals surface area contributed by atoms with Gasteiger partial charge in [-0.1, -0.05) is 60.7 Å². The fourth-order valence-corrected chi connectivity index (χ4v) is 1.90. The van der Waals surface area contributed by atoms with Crippen LogP contribution >= 0.6 is 0 Å². The number of carbonyl (C=O) groups is 1. The minimum Gasteiger partial charge on any atom is -0.349 e. The van der Waals surface area contributed by atoms with Crippen LogP contribution in [-0.4, -0.2) is 5.91 Å². The van der Waals surface area contributed by atoms with E-state index in [1.807, 2.05) is 67.6 Å². The number of benzene rings is 2. The monoisotopic (exact) mass is 239 g/mol. The van der Waals surface area contributed by atoms with Crippen LogP contribution in [-0.2, 0) is 11.2 Å². The van der Waals surface area contributed by atoms with Gasteiger partial charge in [0.25, 0.3) is 0 Å². The second kappa shape index (κ2) is 6.01. The molecule has 1 amide bonds. The summed E-state index contributed by atoms with van der Waals surface area (Å²) in [5.41, 5.74) is 2.16. The zero-order valence-corrected chi connectivity index (χ0v) is 10.5. The maximum absolute atomic E-state index is 11.9. The van der Waals surface area contributed by atoms with Gasteiger partial charge in [0.05, 0.1) is 12.5 Å². The highest BCUT2D eigenvalue weighted by atomic mass is 16.1. The van der Waals surface area contributed by atoms with E-state index in [1.54, 1.807) is 0 Å². The van der Waals surface area contributed by atoms with Gasteiger partial charge >= 0.3 is 0 Å². The molecule has 92 valence electrons. The standard InChI is InChI=1S/C16H17NO/c1-13(15-10-6-3-7-11-15)17-16(18)12-14-8-4-2-5-9-14/h2-11,13H,12H2,1H3,(H,17,18)/t13-/m1/s1. The molecular weight excluding hydrogens is 222 g/mol. The Balaban J connectivity index is 1.92. The van der Waals surface area contributed by atoms with Crippen LogP contribution in [0.4, 0.5) is 0 Å². The van der Waals surface area contributed by atoms with Crippen molar-refractivity contribution >= 4 is 5.91 Å². The van der Waals surface area contributed by atoms with E-state index < -0.39 is 0 Å². The third-order valence-corrected chi connectivity index (χ3v) is 2.88. The Bertz CT molecular complexity index is 493. The molecule has 0 fully saturated rings. The molecule has 0 saturated carbocycles. The van der Waals surface area contributed by atoms with Crippen LogP contribution < -0.4 is 5.32 Å². The first-order valence-corrected chi connectivity index (χ1v) is 6.14. The number of amides is 1. The van der Waals surface area contributed by atoms with Crippen LogP contribution in [0, 0.1) is 0 Å². The van der Waals surface area contributed by atoms with Gasteiger partial charge in [-0.2, -0.15) is 0 Å². The minimum atomic E-state index is 0.0439. The molecule has 0 aromatic heterocycles. The van der Waals surface area contributed by atoms with Gasteiger partial charge in [-0.3, -0.25) is 4.79 Å². The summed E-state index contributed by atoms with van der Waals surface area (Å²) in [6.07, 6.45) is 0.429. The SMILES string of the molecule is C[C@@H](NC(=O)Cc1ccccc1)c1ccccc1. The second-order valence-corrected chi connectivity index (χ2v) is 4.36. The van der Waals surface area contributed by atoms with E-state index in [1.165, 1.54) is 0 Å². The van der Waals surface area contributed by atoms with Crippen molar-refractivity contribution in [2.75, 3.05) is 0 Å². The first-order valence-electron chi connectivity index (χ1n) is 6.14. The summed E-state index contributed by atoms with van der Waals surface area (Å²) in [6.45, 7) is 2.00. The zero-order valence-electron chi connectivity index (χ0n) is 10.5. The summed E-state index contributed by atoms with van der Waals surface area (Å²) in [7, 11) is 0. The van der Waals surface area contributed by atoms with E-state index in [4.69, 9.17) is 0 Å². The summed E-state index contributed by atoms with van der Waals surface area (Å²) in [5.74, 6) is 0.0533. The minimum absolute atomic E-state index is 0.0439. The van der Waals surface area contributed by atoms with Crippen LogP contribution in [0.15, 0.2) is 60.7 Å². The molecule has 2 heteroatoms. The molecule has 2 nitrogen and oxygen atoms in total. The molecule has 0 heterocycles. The quantitative estimate of drug-likeness (QED) is 0.872. The average molecular weight is 239 g/mol. The fraction of sp³-hybridized carbons (Fsp3) is 0.188. The third-order valence-electron chi connectivity index (χ3n) is 2.88. The summed E-state index contributed by atoms with van der Waals surface area (Å²) in [6, 6.07) is 19.8. The molecule has 1 N–H and O–H groups in total. The third kappa shape index (κ3) is 3.45. The van der Waals surface area contributed by atoms with Crippen molar-refractivity contribution in [2.24, 2.45) is 0 Å². The fourth-order valence-electron chi connectivity index (χ4n) is 1.90. The van der Waals surface area contributed by atoms with E-state index in [0.29, 0.717) is 6.42 Å². The van der Waals surface area contributed by atoms with Gasteiger partial charge in [0.15, 0.2) is 0 Å². The molecule has 0 radical (unpaired) electrons. The van der Waals surface area contributed by atoms with Crippen molar-refractivity contribution in [3.63, 3.8) is 0 Å². The van der Waals surface area contributed by atoms with Gasteiger partial charge in [0.1, 0.15) is 0 Å². The van der Waals surface area contributed by atoms with Crippen LogP contribution in [0.5, 0.6) is 0 Å². The Morgan fingerprint density at radius 2 is 1.56 bits per heavy atom. The molecule has 1 atom stereocenters. The summed E-state index contributed by atoms with van der Waals surface area (Å²) in [4.78, 5) is 11.9. The molecule has 0 saturated heterocycles. The molecule has 0 aliphatic heterocycles. The first-order chi connectivity index (χ1) is 8.75. The molecule has 0 aliphatic carbocycles. The molecule has 0 aliphatic rings. The average Bonchev–Trinajstić information content (AvgIpc) is 2.40. The molecule has 18 heavy (non-hydrogen) atoms. The van der Waals surface area contributed by atoms with E-state index in [-0.39, 0.29) is 11.9 Å². The number of hydrogen-bond acceptors (Lipinski definition) is 1. The Labute approximate surface area is 108 Å². The zero-order chi connectivity index (χ0) is 12.8. The van der Waals surface area contributed by atoms with Crippen LogP contribution in [0.3, 0.4) is 0 Å². The number of rotatable bonds is 4. The molecule has 0 unspecified atom stereocenters. The topological polar surface area (TPSA) is 29.1 Å². The molecule has 0 bridgehead atoms. The molecule has 0 spiro atoms. The van der Waals surface area contributed by atoms with Gasteiger partial charge in [-0.05, 0) is 18.1 Å². The van der Waals surface area contributed by atoms with Gasteiger partial charge < -0.3 is 5.32 Å². The summed E-state index contributed by atoms with van der Waals surface area (Å²) >= 11 is 0. The van der Waals surface area contributed by atoms with Crippen molar-refractivity contribution in [1.29, 1.82) is 0 Å². The number of hydrogen-bond donors (Lipinski definition) is 1. The Morgan fingerprint density at radius 3 is 2.17 bits per heavy atom. The lowest BCUT2D eigenvalue weighted by atomic mass is 10.1. The molecule has 2 aromatic carbocycles. The van der Waals surface area contributed by atoms with Crippen molar-refractivity contribution in [1.82, 2.24) is 5.32 Å². The van der Waals surface area contributed by atoms with Crippen LogP contribution in [0.2, 0.25) is 0 Å². The maximum atomic E-state index is 11.9. The highest BCUT2D eigenvalue weighted by molar-refractivity contribution is 5.78. The van der Waals surface area contributed by atoms with Gasteiger partial charge in [-0.15, -0.1) is 0 Å². The predicted molar refractivity (Wildman–Crippen MR) is 73.1 cm³/mol. The van der Waals surface area contributed by atoms with Crippen molar-refractivity contribution in [3.8, 4) is 0 Å². The van der Waals surface area contributed by atoms with Crippen molar-refractivity contribution in [2.45, 2.75) is 19.4 Å². The predicted octanol–water partition coefficient (Wildman–Crippen LogP) is 3.11. The van der Waals surface area contributed by atoms with Gasteiger partial charge in [-0.25, -0.2) is 0 Å². The molecule has 2 aromatic rings. The highest BCUT2D eigenvalue weighted by Gasteiger charge is 2.09. The van der Waals surface area contributed by atoms with E-state index in [0.717, 1.165) is 11.1 Å². The number of nitrogens with one attached hydrogen (secondary N) is 1. The molecular formula is C16H17NO. The Hall–Kier alpha value is -2.09. The molecule has 2 rings (SSSR count). The van der Waals surface area contributed by atoms with Crippen LogP contribution in [0.1, 0.15) is 24.1 Å². The Morgan fingerprint density at radius 1 is 1.00 bits per heavy atom. The van der Waals surface area contributed by atoms with Crippen LogP contribution in [0.25, 0.3) is 0 Å². The second-order valence-electron chi connectivity index (χ2n) is 4.36. The van der Waals surface area contributed by atoms with Gasteiger partial charge in [0.2, 0.25) is 5.91 Å². The first kappa shape index (κ1) is 12.4. The number of carbonyl (C=O) groups excluding carboxylic acids is 1. The smallest absolute Gasteiger partial charge is 0.224 e. The van der Waals surface area contributed by atoms with E-state index in [2.05, 4.69) is 5.32 Å². The normalized spacial score (nSPS) is 11.8. The van der Waals surface area contributed by atoms with E-state index in [9.17, 15) is 4.79 Å². The lowest BCUT2D eigenvalue weighted by Gasteiger charge is -2.14. The van der Waals surface area contributed by atoms with Gasteiger partial charge in [0, 0.05) is 0 Å². The maximum Gasteiger partial charge on any atom is 0.224 e. The Kier molecular flexibility index (Phi) is 4.13. The largest absolute Gasteiger partial charge is 0.349 e. The summed E-state index contributed by atoms with van der Waals surface area (Å²) in [5, 5.41) is 3.01. The highest BCUT2D eigenvalue weighted by Crippen LogP contribution is 2.11. The lowest BCUT2D eigenvalue weighted by Crippen LogP contribution is -2.28. The van der Waals surface area contributed by atoms with E-state index >= 15 is 0 Å². The lowest BCUT2D eigenvalue weighted by molar-refractivity contribution is -0.121. The van der Waals surface area contributed by atoms with Crippen molar-refractivity contribution in [3.05, 3.63) is 71.8 Å². The summed E-state index contributed by atoms with van der Waals surface area (Å²) < 4.78 is 0.